The molecule has 214 valence electrons. The summed E-state index contributed by atoms with van der Waals surface area (Å²) in [5.74, 6) is -0.791. The van der Waals surface area contributed by atoms with Crippen molar-refractivity contribution in [2.45, 2.75) is 78.4 Å². The Morgan fingerprint density at radius 1 is 0.825 bits per heavy atom. The molecule has 0 unspecified atom stereocenters. The molecule has 1 N–H and O–H groups in total. The molecule has 7 nitrogen and oxygen atoms in total. The van der Waals surface area contributed by atoms with E-state index in [0.29, 0.717) is 5.69 Å². The molecule has 0 bridgehead atoms. The molecular weight excluding hydrogens is 522 g/mol. The third-order valence-electron chi connectivity index (χ3n) is 6.48. The molecule has 0 saturated heterocycles. The Labute approximate surface area is 239 Å². The van der Waals surface area contributed by atoms with Crippen LogP contribution >= 0.6 is 0 Å². The molecule has 3 rings (SSSR count). The smallest absolute Gasteiger partial charge is 0.264 e. The van der Waals surface area contributed by atoms with Crippen molar-refractivity contribution in [3.05, 3.63) is 94.5 Å². The van der Waals surface area contributed by atoms with Gasteiger partial charge in [-0.2, -0.15) is 0 Å². The maximum absolute atomic E-state index is 14.1. The van der Waals surface area contributed by atoms with E-state index >= 15 is 0 Å². The van der Waals surface area contributed by atoms with E-state index in [1.807, 2.05) is 78.8 Å². The van der Waals surface area contributed by atoms with Crippen molar-refractivity contribution in [1.82, 2.24) is 10.2 Å². The number of sulfonamides is 1. The van der Waals surface area contributed by atoms with Gasteiger partial charge in [0.25, 0.3) is 10.0 Å². The second kappa shape index (κ2) is 12.3. The minimum Gasteiger partial charge on any atom is -0.350 e. The maximum atomic E-state index is 14.1. The summed E-state index contributed by atoms with van der Waals surface area (Å²) >= 11 is 0. The van der Waals surface area contributed by atoms with Gasteiger partial charge in [0.1, 0.15) is 12.6 Å². The molecule has 0 aliphatic rings. The van der Waals surface area contributed by atoms with Crippen LogP contribution in [-0.2, 0) is 26.2 Å². The first kappa shape index (κ1) is 30.9. The zero-order valence-corrected chi connectivity index (χ0v) is 25.6. The standard InChI is InChI=1S/C32H41N3O4S/c1-22-12-14-29(15-13-22)40(38,39)35(28-18-24(3)16-25(4)19-28)21-30(36)34(20-27-11-9-10-23(2)17-27)26(5)31(37)33-32(6,7)8/h9-19,26H,20-21H2,1-8H3,(H,33,37)/t26-/m1/s1. The number of amides is 2. The van der Waals surface area contributed by atoms with Crippen LogP contribution in [0.5, 0.6) is 0 Å². The highest BCUT2D eigenvalue weighted by atomic mass is 32.2. The number of nitrogens with zero attached hydrogens (tertiary/aromatic N) is 2. The van der Waals surface area contributed by atoms with Crippen molar-refractivity contribution >= 4 is 27.5 Å². The zero-order chi connectivity index (χ0) is 29.8. The van der Waals surface area contributed by atoms with Gasteiger partial charge in [0, 0.05) is 12.1 Å². The highest BCUT2D eigenvalue weighted by Crippen LogP contribution is 2.27. The molecule has 0 fully saturated rings. The van der Waals surface area contributed by atoms with E-state index in [-0.39, 0.29) is 17.3 Å². The first-order valence-electron chi connectivity index (χ1n) is 13.4. The second-order valence-electron chi connectivity index (χ2n) is 11.6. The average molecular weight is 564 g/mol. The number of nitrogens with one attached hydrogen (secondary N) is 1. The first-order valence-corrected chi connectivity index (χ1v) is 14.9. The van der Waals surface area contributed by atoms with Crippen molar-refractivity contribution in [2.24, 2.45) is 0 Å². The van der Waals surface area contributed by atoms with Crippen LogP contribution in [0.1, 0.15) is 55.5 Å². The molecule has 8 heteroatoms. The lowest BCUT2D eigenvalue weighted by Gasteiger charge is -2.33. The number of carbonyl (C=O) groups is 2. The lowest BCUT2D eigenvalue weighted by molar-refractivity contribution is -0.140. The first-order chi connectivity index (χ1) is 18.6. The van der Waals surface area contributed by atoms with E-state index in [1.165, 1.54) is 4.90 Å². The predicted octanol–water partition coefficient (Wildman–Crippen LogP) is 5.45. The van der Waals surface area contributed by atoms with Crippen molar-refractivity contribution in [3.63, 3.8) is 0 Å². The van der Waals surface area contributed by atoms with Crippen LogP contribution in [0.25, 0.3) is 0 Å². The summed E-state index contributed by atoms with van der Waals surface area (Å²) in [5, 5.41) is 2.95. The molecule has 40 heavy (non-hydrogen) atoms. The molecule has 2 amide bonds. The number of hydrogen-bond donors (Lipinski definition) is 1. The van der Waals surface area contributed by atoms with E-state index < -0.39 is 34.1 Å². The van der Waals surface area contributed by atoms with Gasteiger partial charge in [-0.25, -0.2) is 8.42 Å². The molecule has 0 radical (unpaired) electrons. The molecule has 3 aromatic carbocycles. The fraction of sp³-hybridized carbons (Fsp3) is 0.375. The van der Waals surface area contributed by atoms with Gasteiger partial charge in [0.2, 0.25) is 11.8 Å². The number of aryl methyl sites for hydroxylation is 4. The largest absolute Gasteiger partial charge is 0.350 e. The topological polar surface area (TPSA) is 86.8 Å². The van der Waals surface area contributed by atoms with Gasteiger partial charge in [0.15, 0.2) is 0 Å². The average Bonchev–Trinajstić information content (AvgIpc) is 2.84. The Balaban J connectivity index is 2.07. The number of hydrogen-bond acceptors (Lipinski definition) is 4. The van der Waals surface area contributed by atoms with Crippen LogP contribution in [-0.4, -0.2) is 43.3 Å². The third kappa shape index (κ3) is 7.94. The Morgan fingerprint density at radius 3 is 1.98 bits per heavy atom. The van der Waals surface area contributed by atoms with Gasteiger partial charge in [-0.05, 0) is 96.3 Å². The number of rotatable bonds is 9. The minimum absolute atomic E-state index is 0.0915. The van der Waals surface area contributed by atoms with Crippen LogP contribution < -0.4 is 9.62 Å². The van der Waals surface area contributed by atoms with Gasteiger partial charge in [-0.3, -0.25) is 13.9 Å². The molecule has 0 aliphatic carbocycles. The van der Waals surface area contributed by atoms with Crippen LogP contribution in [0, 0.1) is 27.7 Å². The SMILES string of the molecule is Cc1ccc(S(=O)(=O)N(CC(=O)N(Cc2cccc(C)c2)[C@H](C)C(=O)NC(C)(C)C)c2cc(C)cc(C)c2)cc1. The quantitative estimate of drug-likeness (QED) is 0.375. The highest BCUT2D eigenvalue weighted by Gasteiger charge is 2.33. The summed E-state index contributed by atoms with van der Waals surface area (Å²) in [4.78, 5) is 28.8. The van der Waals surface area contributed by atoms with E-state index in [9.17, 15) is 18.0 Å². The minimum atomic E-state index is -4.10. The van der Waals surface area contributed by atoms with Crippen molar-refractivity contribution < 1.29 is 18.0 Å². The van der Waals surface area contributed by atoms with Crippen molar-refractivity contribution in [1.29, 1.82) is 0 Å². The number of benzene rings is 3. The summed E-state index contributed by atoms with van der Waals surface area (Å²) in [5.41, 5.74) is 4.45. The summed E-state index contributed by atoms with van der Waals surface area (Å²) in [7, 11) is -4.10. The van der Waals surface area contributed by atoms with Crippen LogP contribution in [0.2, 0.25) is 0 Å². The lowest BCUT2D eigenvalue weighted by atomic mass is 10.1. The Bertz CT molecular complexity index is 1450. The summed E-state index contributed by atoms with van der Waals surface area (Å²) in [6.07, 6.45) is 0. The fourth-order valence-electron chi connectivity index (χ4n) is 4.52. The van der Waals surface area contributed by atoms with Crippen LogP contribution in [0.4, 0.5) is 5.69 Å². The normalized spacial score (nSPS) is 12.5. The van der Waals surface area contributed by atoms with Crippen molar-refractivity contribution in [3.8, 4) is 0 Å². The van der Waals surface area contributed by atoms with E-state index in [0.717, 1.165) is 32.1 Å². The predicted molar refractivity (Wildman–Crippen MR) is 161 cm³/mol. The van der Waals surface area contributed by atoms with Crippen molar-refractivity contribution in [2.75, 3.05) is 10.8 Å². The van der Waals surface area contributed by atoms with E-state index in [2.05, 4.69) is 5.32 Å². The molecule has 0 aliphatic heterocycles. The third-order valence-corrected chi connectivity index (χ3v) is 8.27. The molecule has 0 spiro atoms. The maximum Gasteiger partial charge on any atom is 0.264 e. The molecule has 0 aromatic heterocycles. The van der Waals surface area contributed by atoms with E-state index in [4.69, 9.17) is 0 Å². The Morgan fingerprint density at radius 2 is 1.43 bits per heavy atom. The monoisotopic (exact) mass is 563 g/mol. The Hall–Kier alpha value is -3.65. The molecule has 1 atom stereocenters. The number of carbonyl (C=O) groups excluding carboxylic acids is 2. The van der Waals surface area contributed by atoms with Gasteiger partial charge in [-0.1, -0.05) is 53.6 Å². The molecular formula is C32H41N3O4S. The summed E-state index contributed by atoms with van der Waals surface area (Å²) in [6.45, 7) is 14.6. The summed E-state index contributed by atoms with van der Waals surface area (Å²) in [6, 6.07) is 18.9. The lowest BCUT2D eigenvalue weighted by Crippen LogP contribution is -2.54. The Kier molecular flexibility index (Phi) is 9.46. The second-order valence-corrected chi connectivity index (χ2v) is 13.5. The van der Waals surface area contributed by atoms with Gasteiger partial charge in [0.05, 0.1) is 10.6 Å². The van der Waals surface area contributed by atoms with Crippen LogP contribution in [0.15, 0.2) is 71.6 Å². The molecule has 0 saturated carbocycles. The number of anilines is 1. The van der Waals surface area contributed by atoms with Gasteiger partial charge in [-0.15, -0.1) is 0 Å². The summed E-state index contributed by atoms with van der Waals surface area (Å²) < 4.78 is 29.1. The zero-order valence-electron chi connectivity index (χ0n) is 24.8. The fourth-order valence-corrected chi connectivity index (χ4v) is 5.92. The highest BCUT2D eigenvalue weighted by molar-refractivity contribution is 7.92. The van der Waals surface area contributed by atoms with E-state index in [1.54, 1.807) is 43.3 Å². The molecule has 0 heterocycles. The van der Waals surface area contributed by atoms with Gasteiger partial charge < -0.3 is 10.2 Å². The van der Waals surface area contributed by atoms with Gasteiger partial charge >= 0.3 is 0 Å². The molecule has 3 aromatic rings. The van der Waals surface area contributed by atoms with Crippen LogP contribution in [0.3, 0.4) is 0 Å².